The van der Waals surface area contributed by atoms with Crippen LogP contribution in [-0.4, -0.2) is 32.3 Å². The first kappa shape index (κ1) is 19.1. The van der Waals surface area contributed by atoms with E-state index in [4.69, 9.17) is 0 Å². The maximum absolute atomic E-state index is 12.6. The Balaban J connectivity index is 1.69. The van der Waals surface area contributed by atoms with Gasteiger partial charge in [0.25, 0.3) is 5.91 Å². The van der Waals surface area contributed by atoms with Crippen molar-refractivity contribution in [3.63, 3.8) is 0 Å². The van der Waals surface area contributed by atoms with Crippen LogP contribution in [0.25, 0.3) is 0 Å². The van der Waals surface area contributed by atoms with E-state index in [2.05, 4.69) is 17.3 Å². The van der Waals surface area contributed by atoms with E-state index in [-0.39, 0.29) is 5.91 Å². The molecule has 1 saturated carbocycles. The molecule has 1 heterocycles. The topological polar surface area (TPSA) is 84.2 Å². The predicted octanol–water partition coefficient (Wildman–Crippen LogP) is 3.31. The number of carbonyl (C=O) groups is 2. The number of carbonyl (C=O) groups excluding carboxylic acids is 1. The van der Waals surface area contributed by atoms with Crippen molar-refractivity contribution >= 4 is 11.9 Å². The second-order valence-corrected chi connectivity index (χ2v) is 7.81. The van der Waals surface area contributed by atoms with Crippen molar-refractivity contribution in [1.29, 1.82) is 0 Å². The minimum Gasteiger partial charge on any atom is -0.480 e. The molecule has 0 saturated heterocycles. The first-order valence-electron chi connectivity index (χ1n) is 9.45. The van der Waals surface area contributed by atoms with Gasteiger partial charge in [0.1, 0.15) is 5.54 Å². The molecule has 144 valence electrons. The van der Waals surface area contributed by atoms with Crippen LogP contribution in [0.5, 0.6) is 0 Å². The molecule has 1 aromatic heterocycles. The summed E-state index contributed by atoms with van der Waals surface area (Å²) < 4.78 is 1.92. The lowest BCUT2D eigenvalue weighted by Gasteiger charge is -2.36. The number of hydrogen-bond donors (Lipinski definition) is 2. The Hall–Kier alpha value is -2.63. The summed E-state index contributed by atoms with van der Waals surface area (Å²) in [4.78, 5) is 24.5. The maximum Gasteiger partial charge on any atom is 0.329 e. The molecule has 0 bridgehead atoms. The van der Waals surface area contributed by atoms with Crippen molar-refractivity contribution in [2.24, 2.45) is 5.92 Å². The summed E-state index contributed by atoms with van der Waals surface area (Å²) in [6.45, 7) is 6.73. The van der Waals surface area contributed by atoms with Gasteiger partial charge in [-0.1, -0.05) is 19.1 Å². The van der Waals surface area contributed by atoms with E-state index in [9.17, 15) is 14.7 Å². The van der Waals surface area contributed by atoms with Gasteiger partial charge in [-0.05, 0) is 69.2 Å². The molecule has 6 nitrogen and oxygen atoms in total. The van der Waals surface area contributed by atoms with Gasteiger partial charge in [-0.25, -0.2) is 4.79 Å². The smallest absolute Gasteiger partial charge is 0.329 e. The van der Waals surface area contributed by atoms with Crippen LogP contribution in [0, 0.1) is 19.8 Å². The van der Waals surface area contributed by atoms with Gasteiger partial charge in [0.05, 0.1) is 12.2 Å². The molecule has 1 aromatic carbocycles. The lowest BCUT2D eigenvalue weighted by atomic mass is 9.77. The number of aliphatic carboxylic acids is 1. The Morgan fingerprint density at radius 1 is 1.22 bits per heavy atom. The minimum absolute atomic E-state index is 0.329. The Kier molecular flexibility index (Phi) is 5.35. The molecule has 6 heteroatoms. The van der Waals surface area contributed by atoms with Crippen LogP contribution in [0.2, 0.25) is 0 Å². The highest BCUT2D eigenvalue weighted by Crippen LogP contribution is 2.32. The molecule has 1 amide bonds. The van der Waals surface area contributed by atoms with Crippen LogP contribution in [-0.2, 0) is 11.3 Å². The first-order chi connectivity index (χ1) is 12.8. The SMILES string of the molecule is Cc1cc(C)n(Cc2ccc(C(=O)NC3(C(=O)O)CCC(C)CC3)cc2)n1. The summed E-state index contributed by atoms with van der Waals surface area (Å²) >= 11 is 0. The highest BCUT2D eigenvalue weighted by Gasteiger charge is 2.42. The van der Waals surface area contributed by atoms with E-state index >= 15 is 0 Å². The average Bonchev–Trinajstić information content (AvgIpc) is 2.94. The van der Waals surface area contributed by atoms with Crippen LogP contribution in [0.15, 0.2) is 30.3 Å². The van der Waals surface area contributed by atoms with Crippen molar-refractivity contribution in [3.05, 3.63) is 52.8 Å². The zero-order chi connectivity index (χ0) is 19.6. The zero-order valence-corrected chi connectivity index (χ0v) is 16.2. The van der Waals surface area contributed by atoms with Gasteiger partial charge >= 0.3 is 5.97 Å². The van der Waals surface area contributed by atoms with E-state index in [1.807, 2.05) is 36.7 Å². The molecule has 2 N–H and O–H groups in total. The van der Waals surface area contributed by atoms with Crippen molar-refractivity contribution in [2.75, 3.05) is 0 Å². The number of aromatic nitrogens is 2. The molecule has 0 aliphatic heterocycles. The van der Waals surface area contributed by atoms with Crippen molar-refractivity contribution in [1.82, 2.24) is 15.1 Å². The number of aryl methyl sites for hydroxylation is 2. The van der Waals surface area contributed by atoms with Crippen LogP contribution < -0.4 is 5.32 Å². The van der Waals surface area contributed by atoms with Crippen molar-refractivity contribution in [3.8, 4) is 0 Å². The second kappa shape index (κ2) is 7.55. The number of rotatable bonds is 5. The number of nitrogens with zero attached hydrogens (tertiary/aromatic N) is 2. The molecule has 1 aliphatic carbocycles. The molecule has 0 unspecified atom stereocenters. The molecule has 27 heavy (non-hydrogen) atoms. The first-order valence-corrected chi connectivity index (χ1v) is 9.45. The van der Waals surface area contributed by atoms with Crippen LogP contribution in [0.3, 0.4) is 0 Å². The lowest BCUT2D eigenvalue weighted by Crippen LogP contribution is -2.56. The molecule has 0 radical (unpaired) electrons. The minimum atomic E-state index is -1.15. The number of nitrogens with one attached hydrogen (secondary N) is 1. The van der Waals surface area contributed by atoms with E-state index in [0.717, 1.165) is 29.8 Å². The number of amides is 1. The van der Waals surface area contributed by atoms with Crippen LogP contribution >= 0.6 is 0 Å². The van der Waals surface area contributed by atoms with E-state index in [0.29, 0.717) is 30.9 Å². The average molecular weight is 369 g/mol. The molecular formula is C21H27N3O3. The fraction of sp³-hybridized carbons (Fsp3) is 0.476. The molecular weight excluding hydrogens is 342 g/mol. The summed E-state index contributed by atoms with van der Waals surface area (Å²) in [6.07, 6.45) is 2.58. The third kappa shape index (κ3) is 4.21. The standard InChI is InChI=1S/C21H27N3O3/c1-14-8-10-21(11-9-14,20(26)27)22-19(25)18-6-4-17(5-7-18)13-24-16(3)12-15(2)23-24/h4-7,12,14H,8-11,13H2,1-3H3,(H,22,25)(H,26,27). The van der Waals surface area contributed by atoms with Gasteiger partial charge in [0.15, 0.2) is 0 Å². The van der Waals surface area contributed by atoms with Crippen LogP contribution in [0.4, 0.5) is 0 Å². The quantitative estimate of drug-likeness (QED) is 0.847. The summed E-state index contributed by atoms with van der Waals surface area (Å²) in [7, 11) is 0. The van der Waals surface area contributed by atoms with Gasteiger partial charge in [0.2, 0.25) is 0 Å². The summed E-state index contributed by atoms with van der Waals surface area (Å²) in [6, 6.07) is 9.30. The van der Waals surface area contributed by atoms with Gasteiger partial charge in [-0.3, -0.25) is 9.48 Å². The normalized spacial score (nSPS) is 22.4. The van der Waals surface area contributed by atoms with Gasteiger partial charge in [-0.15, -0.1) is 0 Å². The van der Waals surface area contributed by atoms with Gasteiger partial charge < -0.3 is 10.4 Å². The van der Waals surface area contributed by atoms with E-state index < -0.39 is 11.5 Å². The molecule has 0 spiro atoms. The van der Waals surface area contributed by atoms with Crippen molar-refractivity contribution < 1.29 is 14.7 Å². The van der Waals surface area contributed by atoms with Crippen LogP contribution in [0.1, 0.15) is 59.9 Å². The highest BCUT2D eigenvalue weighted by molar-refractivity contribution is 5.97. The molecule has 1 aliphatic rings. The summed E-state index contributed by atoms with van der Waals surface area (Å²) in [5.41, 5.74) is 2.43. The Labute approximate surface area is 159 Å². The summed E-state index contributed by atoms with van der Waals surface area (Å²) in [5.74, 6) is -0.767. The van der Waals surface area contributed by atoms with Crippen molar-refractivity contribution in [2.45, 2.75) is 58.5 Å². The number of hydrogen-bond acceptors (Lipinski definition) is 3. The highest BCUT2D eigenvalue weighted by atomic mass is 16.4. The number of carboxylic acids is 1. The Morgan fingerprint density at radius 2 is 1.85 bits per heavy atom. The summed E-state index contributed by atoms with van der Waals surface area (Å²) in [5, 5.41) is 16.9. The Morgan fingerprint density at radius 3 is 2.37 bits per heavy atom. The fourth-order valence-corrected chi connectivity index (χ4v) is 3.71. The molecule has 2 aromatic rings. The van der Waals surface area contributed by atoms with E-state index in [1.54, 1.807) is 12.1 Å². The molecule has 3 rings (SSSR count). The molecule has 0 atom stereocenters. The lowest BCUT2D eigenvalue weighted by molar-refractivity contribution is -0.146. The third-order valence-electron chi connectivity index (χ3n) is 5.54. The van der Waals surface area contributed by atoms with E-state index in [1.165, 1.54) is 0 Å². The largest absolute Gasteiger partial charge is 0.480 e. The number of benzene rings is 1. The fourth-order valence-electron chi connectivity index (χ4n) is 3.71. The second-order valence-electron chi connectivity index (χ2n) is 7.81. The van der Waals surface area contributed by atoms with Gasteiger partial charge in [0, 0.05) is 11.3 Å². The van der Waals surface area contributed by atoms with Gasteiger partial charge in [-0.2, -0.15) is 5.10 Å². The molecule has 1 fully saturated rings. The monoisotopic (exact) mass is 369 g/mol. The Bertz CT molecular complexity index is 831. The third-order valence-corrected chi connectivity index (χ3v) is 5.54. The predicted molar refractivity (Wildman–Crippen MR) is 103 cm³/mol. The maximum atomic E-state index is 12.6. The zero-order valence-electron chi connectivity index (χ0n) is 16.2. The number of carboxylic acid groups (broad SMARTS) is 1.